The van der Waals surface area contributed by atoms with Crippen LogP contribution in [0.2, 0.25) is 0 Å². The molecule has 1 aromatic carbocycles. The standard InChI is InChI=1S/C15H17N3O/c1-10-6-7-13(11(2)9-10)18(3)15(19)12-5-4-8-17-14(12)16/h4-9H,1-3H3,(H2,16,17). The first-order valence-corrected chi connectivity index (χ1v) is 6.06. The first-order valence-electron chi connectivity index (χ1n) is 6.06. The van der Waals surface area contributed by atoms with E-state index in [0.717, 1.165) is 11.3 Å². The number of hydrogen-bond acceptors (Lipinski definition) is 3. The molecule has 0 spiro atoms. The van der Waals surface area contributed by atoms with Gasteiger partial charge in [-0.05, 0) is 37.6 Å². The number of carbonyl (C=O) groups excluding carboxylic acids is 1. The predicted octanol–water partition coefficient (Wildman–Crippen LogP) is 2.56. The number of benzene rings is 1. The molecule has 0 aliphatic carbocycles. The van der Waals surface area contributed by atoms with Crippen LogP contribution in [0.1, 0.15) is 21.5 Å². The van der Waals surface area contributed by atoms with Crippen LogP contribution in [0.3, 0.4) is 0 Å². The van der Waals surface area contributed by atoms with Gasteiger partial charge in [-0.1, -0.05) is 17.7 Å². The van der Waals surface area contributed by atoms with Crippen molar-refractivity contribution in [3.8, 4) is 0 Å². The van der Waals surface area contributed by atoms with Crippen molar-refractivity contribution in [2.45, 2.75) is 13.8 Å². The van der Waals surface area contributed by atoms with Crippen molar-refractivity contribution in [1.29, 1.82) is 0 Å². The Labute approximate surface area is 112 Å². The highest BCUT2D eigenvalue weighted by molar-refractivity contribution is 6.08. The zero-order valence-electron chi connectivity index (χ0n) is 11.3. The van der Waals surface area contributed by atoms with E-state index in [9.17, 15) is 4.79 Å². The Morgan fingerprint density at radius 3 is 2.63 bits per heavy atom. The van der Waals surface area contributed by atoms with Crippen LogP contribution in [0.25, 0.3) is 0 Å². The van der Waals surface area contributed by atoms with Crippen LogP contribution >= 0.6 is 0 Å². The summed E-state index contributed by atoms with van der Waals surface area (Å²) in [4.78, 5) is 18.0. The molecule has 0 atom stereocenters. The fourth-order valence-electron chi connectivity index (χ4n) is 2.07. The van der Waals surface area contributed by atoms with E-state index in [1.165, 1.54) is 5.56 Å². The molecule has 0 saturated heterocycles. The lowest BCUT2D eigenvalue weighted by Crippen LogP contribution is -2.27. The molecule has 0 bridgehead atoms. The van der Waals surface area contributed by atoms with Gasteiger partial charge in [-0.15, -0.1) is 0 Å². The fourth-order valence-corrected chi connectivity index (χ4v) is 2.07. The Balaban J connectivity index is 2.37. The third-order valence-corrected chi connectivity index (χ3v) is 3.09. The minimum atomic E-state index is -0.155. The van der Waals surface area contributed by atoms with Crippen LogP contribution in [0.4, 0.5) is 11.5 Å². The van der Waals surface area contributed by atoms with Gasteiger partial charge in [-0.3, -0.25) is 4.79 Å². The van der Waals surface area contributed by atoms with Crippen molar-refractivity contribution in [3.63, 3.8) is 0 Å². The second-order valence-corrected chi connectivity index (χ2v) is 4.59. The minimum Gasteiger partial charge on any atom is -0.383 e. The molecule has 2 N–H and O–H groups in total. The van der Waals surface area contributed by atoms with Crippen LogP contribution in [0, 0.1) is 13.8 Å². The Hall–Kier alpha value is -2.36. The van der Waals surface area contributed by atoms with E-state index >= 15 is 0 Å². The summed E-state index contributed by atoms with van der Waals surface area (Å²) in [6, 6.07) is 9.36. The molecule has 0 saturated carbocycles. The van der Waals surface area contributed by atoms with Crippen LogP contribution < -0.4 is 10.6 Å². The highest BCUT2D eigenvalue weighted by Crippen LogP contribution is 2.22. The molecule has 2 aromatic rings. The molecular formula is C15H17N3O. The van der Waals surface area contributed by atoms with Crippen molar-refractivity contribution in [2.24, 2.45) is 0 Å². The Morgan fingerprint density at radius 1 is 1.26 bits per heavy atom. The number of anilines is 2. The Morgan fingerprint density at radius 2 is 2.00 bits per heavy atom. The average Bonchev–Trinajstić information content (AvgIpc) is 2.38. The van der Waals surface area contributed by atoms with Gasteiger partial charge >= 0.3 is 0 Å². The molecule has 4 nitrogen and oxygen atoms in total. The summed E-state index contributed by atoms with van der Waals surface area (Å²) in [6.45, 7) is 4.01. The predicted molar refractivity (Wildman–Crippen MR) is 77.3 cm³/mol. The number of rotatable bonds is 2. The number of pyridine rings is 1. The maximum absolute atomic E-state index is 12.4. The molecule has 0 aliphatic heterocycles. The third-order valence-electron chi connectivity index (χ3n) is 3.09. The zero-order valence-corrected chi connectivity index (χ0v) is 11.3. The number of hydrogen-bond donors (Lipinski definition) is 1. The molecular weight excluding hydrogens is 238 g/mol. The summed E-state index contributed by atoms with van der Waals surface area (Å²) in [5.74, 6) is 0.0988. The van der Waals surface area contributed by atoms with Crippen LogP contribution in [-0.2, 0) is 0 Å². The van der Waals surface area contributed by atoms with Crippen LogP contribution in [0.15, 0.2) is 36.5 Å². The van der Waals surface area contributed by atoms with Crippen molar-refractivity contribution in [1.82, 2.24) is 4.98 Å². The van der Waals surface area contributed by atoms with Gasteiger partial charge in [-0.25, -0.2) is 4.98 Å². The summed E-state index contributed by atoms with van der Waals surface area (Å²) < 4.78 is 0. The summed E-state index contributed by atoms with van der Waals surface area (Å²) in [7, 11) is 1.74. The molecule has 0 radical (unpaired) electrons. The maximum Gasteiger partial charge on any atom is 0.261 e. The highest BCUT2D eigenvalue weighted by Gasteiger charge is 2.17. The van der Waals surface area contributed by atoms with E-state index in [-0.39, 0.29) is 11.7 Å². The van der Waals surface area contributed by atoms with E-state index < -0.39 is 0 Å². The van der Waals surface area contributed by atoms with Gasteiger partial charge in [0.25, 0.3) is 5.91 Å². The van der Waals surface area contributed by atoms with Gasteiger partial charge < -0.3 is 10.6 Å². The second-order valence-electron chi connectivity index (χ2n) is 4.59. The van der Waals surface area contributed by atoms with E-state index in [1.54, 1.807) is 30.3 Å². The highest BCUT2D eigenvalue weighted by atomic mass is 16.2. The molecule has 1 amide bonds. The van der Waals surface area contributed by atoms with E-state index in [1.807, 2.05) is 32.0 Å². The number of aryl methyl sites for hydroxylation is 2. The third kappa shape index (κ3) is 2.57. The average molecular weight is 255 g/mol. The Bertz CT molecular complexity index is 623. The molecule has 4 heteroatoms. The van der Waals surface area contributed by atoms with Crippen molar-refractivity contribution in [3.05, 3.63) is 53.2 Å². The van der Waals surface area contributed by atoms with Gasteiger partial charge in [0.2, 0.25) is 0 Å². The fraction of sp³-hybridized carbons (Fsp3) is 0.200. The van der Waals surface area contributed by atoms with E-state index in [0.29, 0.717) is 5.56 Å². The molecule has 19 heavy (non-hydrogen) atoms. The minimum absolute atomic E-state index is 0.155. The molecule has 0 aliphatic rings. The SMILES string of the molecule is Cc1ccc(N(C)C(=O)c2cccnc2N)c(C)c1. The first kappa shape index (κ1) is 13.1. The van der Waals surface area contributed by atoms with Gasteiger partial charge in [0.05, 0.1) is 5.56 Å². The quantitative estimate of drug-likeness (QED) is 0.897. The van der Waals surface area contributed by atoms with Crippen LogP contribution in [-0.4, -0.2) is 17.9 Å². The molecule has 98 valence electrons. The van der Waals surface area contributed by atoms with Gasteiger partial charge in [0, 0.05) is 18.9 Å². The van der Waals surface area contributed by atoms with Crippen molar-refractivity contribution >= 4 is 17.4 Å². The number of nitrogens with two attached hydrogens (primary N) is 1. The number of nitrogen functional groups attached to an aromatic ring is 1. The van der Waals surface area contributed by atoms with Crippen molar-refractivity contribution < 1.29 is 4.79 Å². The summed E-state index contributed by atoms with van der Waals surface area (Å²) in [5.41, 5.74) is 9.26. The largest absolute Gasteiger partial charge is 0.383 e. The monoisotopic (exact) mass is 255 g/mol. The Kier molecular flexibility index (Phi) is 3.51. The summed E-state index contributed by atoms with van der Waals surface area (Å²) in [6.07, 6.45) is 1.57. The number of carbonyl (C=O) groups is 1. The zero-order chi connectivity index (χ0) is 14.0. The van der Waals surface area contributed by atoms with Crippen LogP contribution in [0.5, 0.6) is 0 Å². The normalized spacial score (nSPS) is 10.3. The molecule has 2 rings (SSSR count). The summed E-state index contributed by atoms with van der Waals surface area (Å²) in [5, 5.41) is 0. The summed E-state index contributed by atoms with van der Waals surface area (Å²) >= 11 is 0. The topological polar surface area (TPSA) is 59.2 Å². The molecule has 0 unspecified atom stereocenters. The lowest BCUT2D eigenvalue weighted by Gasteiger charge is -2.20. The maximum atomic E-state index is 12.4. The molecule has 1 aromatic heterocycles. The van der Waals surface area contributed by atoms with Gasteiger partial charge in [0.1, 0.15) is 5.82 Å². The van der Waals surface area contributed by atoms with Gasteiger partial charge in [-0.2, -0.15) is 0 Å². The first-order chi connectivity index (χ1) is 9.00. The smallest absolute Gasteiger partial charge is 0.261 e. The number of amides is 1. The lowest BCUT2D eigenvalue weighted by molar-refractivity contribution is 0.0993. The van der Waals surface area contributed by atoms with E-state index in [4.69, 9.17) is 5.73 Å². The second kappa shape index (κ2) is 5.10. The lowest BCUT2D eigenvalue weighted by atomic mass is 10.1. The van der Waals surface area contributed by atoms with Gasteiger partial charge in [0.15, 0.2) is 0 Å². The number of nitrogens with zero attached hydrogens (tertiary/aromatic N) is 2. The van der Waals surface area contributed by atoms with E-state index in [2.05, 4.69) is 4.98 Å². The van der Waals surface area contributed by atoms with Crippen molar-refractivity contribution in [2.75, 3.05) is 17.7 Å². The number of aromatic nitrogens is 1. The molecule has 0 fully saturated rings. The molecule has 1 heterocycles.